The van der Waals surface area contributed by atoms with Gasteiger partial charge >= 0.3 is 17.9 Å². The fraction of sp³-hybridized carbons (Fsp3) is 0.571. The van der Waals surface area contributed by atoms with E-state index in [1.165, 1.54) is 13.8 Å². The third kappa shape index (κ3) is 3.39. The molecule has 0 radical (unpaired) electrons. The van der Waals surface area contributed by atoms with E-state index in [2.05, 4.69) is 0 Å². The maximum atomic E-state index is 12.9. The zero-order valence-electron chi connectivity index (χ0n) is 17.1. The van der Waals surface area contributed by atoms with Gasteiger partial charge in [0.05, 0.1) is 19.2 Å². The molecule has 7 heteroatoms. The standard InChI is InChI=1S/C21H28NO6/c1-6-15-11-13(2)21(4,28-14(3)23)20(25)26-12-16-7-9-22(5)10-8-17(18(16)22)27-19(15)24/h6-7,9,13,17H,8,10-12H2,1-5H3/q+1/b15-6+. The molecule has 1 fully saturated rings. The summed E-state index contributed by atoms with van der Waals surface area (Å²) in [6, 6.07) is 0. The molecule has 4 atom stereocenters. The summed E-state index contributed by atoms with van der Waals surface area (Å²) in [6.07, 6.45) is 6.24. The van der Waals surface area contributed by atoms with Crippen molar-refractivity contribution in [3.63, 3.8) is 0 Å². The highest BCUT2D eigenvalue weighted by molar-refractivity contribution is 5.89. The lowest BCUT2D eigenvalue weighted by molar-refractivity contribution is -0.808. The number of hydrogen-bond acceptors (Lipinski definition) is 6. The number of carbonyl (C=O) groups is 3. The van der Waals surface area contributed by atoms with Gasteiger partial charge in [-0.15, -0.1) is 0 Å². The van der Waals surface area contributed by atoms with Gasteiger partial charge in [-0.2, -0.15) is 0 Å². The summed E-state index contributed by atoms with van der Waals surface area (Å²) >= 11 is 0. The van der Waals surface area contributed by atoms with Crippen LogP contribution in [0.4, 0.5) is 0 Å². The number of ether oxygens (including phenoxy) is 3. The smallest absolute Gasteiger partial charge is 0.350 e. The SMILES string of the molecule is C/C=C1\CC(C)C(C)(OC(C)=O)C(=O)OCC2=C3C(CC[N+]3(C)C=C2)OC1=O. The first-order chi connectivity index (χ1) is 13.1. The van der Waals surface area contributed by atoms with Gasteiger partial charge in [-0.25, -0.2) is 9.59 Å². The summed E-state index contributed by atoms with van der Waals surface area (Å²) in [7, 11) is 2.04. The highest BCUT2D eigenvalue weighted by Gasteiger charge is 2.49. The molecule has 3 aliphatic rings. The van der Waals surface area contributed by atoms with Crippen LogP contribution < -0.4 is 0 Å². The van der Waals surface area contributed by atoms with Crippen LogP contribution in [0.3, 0.4) is 0 Å². The highest BCUT2D eigenvalue weighted by atomic mass is 16.6. The number of hydrogen-bond donors (Lipinski definition) is 0. The Morgan fingerprint density at radius 1 is 1.39 bits per heavy atom. The first-order valence-electron chi connectivity index (χ1n) is 9.61. The third-order valence-electron chi connectivity index (χ3n) is 6.09. The molecular formula is C21H28NO6+. The molecule has 0 aromatic carbocycles. The molecule has 1 saturated heterocycles. The predicted octanol–water partition coefficient (Wildman–Crippen LogP) is 2.38. The van der Waals surface area contributed by atoms with Crippen LogP contribution in [0.5, 0.6) is 0 Å². The lowest BCUT2D eigenvalue weighted by atomic mass is 9.85. The lowest BCUT2D eigenvalue weighted by Gasteiger charge is -2.33. The van der Waals surface area contributed by atoms with Crippen LogP contribution in [0.2, 0.25) is 0 Å². The number of carbonyl (C=O) groups excluding carboxylic acids is 3. The molecule has 0 bridgehead atoms. The summed E-state index contributed by atoms with van der Waals surface area (Å²) in [5.74, 6) is -2.06. The molecule has 3 heterocycles. The maximum absolute atomic E-state index is 12.9. The van der Waals surface area contributed by atoms with Crippen molar-refractivity contribution in [3.05, 3.63) is 35.2 Å². The third-order valence-corrected chi connectivity index (χ3v) is 6.09. The van der Waals surface area contributed by atoms with Crippen molar-refractivity contribution < 1.29 is 33.1 Å². The predicted molar refractivity (Wildman–Crippen MR) is 100 cm³/mol. The molecule has 0 aromatic rings. The zero-order chi connectivity index (χ0) is 20.7. The Bertz CT molecular complexity index is 810. The largest absolute Gasteiger partial charge is 0.458 e. The zero-order valence-corrected chi connectivity index (χ0v) is 17.1. The van der Waals surface area contributed by atoms with Crippen LogP contribution in [-0.2, 0) is 28.6 Å². The fourth-order valence-corrected chi connectivity index (χ4v) is 4.22. The average molecular weight is 390 g/mol. The number of nitrogens with zero attached hydrogens (tertiary/aromatic N) is 1. The molecule has 0 saturated carbocycles. The van der Waals surface area contributed by atoms with E-state index in [4.69, 9.17) is 14.2 Å². The van der Waals surface area contributed by atoms with E-state index >= 15 is 0 Å². The van der Waals surface area contributed by atoms with Gasteiger partial charge < -0.3 is 14.2 Å². The fourth-order valence-electron chi connectivity index (χ4n) is 4.22. The minimum atomic E-state index is -1.50. The van der Waals surface area contributed by atoms with E-state index in [0.29, 0.717) is 10.1 Å². The number of cyclic esters (lactones) is 1. The molecule has 0 spiro atoms. The van der Waals surface area contributed by atoms with Gasteiger partial charge in [-0.3, -0.25) is 9.28 Å². The molecule has 0 aromatic heterocycles. The Morgan fingerprint density at radius 2 is 2.11 bits per heavy atom. The molecule has 4 unspecified atom stereocenters. The lowest BCUT2D eigenvalue weighted by Crippen LogP contribution is -2.47. The second kappa shape index (κ2) is 7.20. The Balaban J connectivity index is 2.02. The number of likely N-dealkylation sites (N-methyl/N-ethyl adjacent to an activating group) is 1. The summed E-state index contributed by atoms with van der Waals surface area (Å²) in [5, 5.41) is 0. The van der Waals surface area contributed by atoms with Crippen molar-refractivity contribution in [3.8, 4) is 0 Å². The second-order valence-electron chi connectivity index (χ2n) is 8.10. The van der Waals surface area contributed by atoms with Crippen molar-refractivity contribution in [2.24, 2.45) is 5.92 Å². The Hall–Kier alpha value is -2.41. The molecule has 7 nitrogen and oxygen atoms in total. The van der Waals surface area contributed by atoms with Gasteiger partial charge in [0.25, 0.3) is 0 Å². The van der Waals surface area contributed by atoms with Gasteiger partial charge in [0.15, 0.2) is 11.8 Å². The van der Waals surface area contributed by atoms with E-state index < -0.39 is 29.4 Å². The van der Waals surface area contributed by atoms with Crippen molar-refractivity contribution in [1.82, 2.24) is 0 Å². The van der Waals surface area contributed by atoms with Crippen LogP contribution in [0.1, 0.15) is 40.5 Å². The van der Waals surface area contributed by atoms with Gasteiger partial charge in [0.2, 0.25) is 5.60 Å². The van der Waals surface area contributed by atoms with Crippen LogP contribution in [0, 0.1) is 5.92 Å². The Kier molecular flexibility index (Phi) is 5.23. The topological polar surface area (TPSA) is 78.9 Å². The van der Waals surface area contributed by atoms with Crippen molar-refractivity contribution in [1.29, 1.82) is 0 Å². The molecule has 0 amide bonds. The minimum Gasteiger partial charge on any atom is -0.458 e. The minimum absolute atomic E-state index is 0.0482. The van der Waals surface area contributed by atoms with E-state index in [0.717, 1.165) is 24.2 Å². The average Bonchev–Trinajstić information content (AvgIpc) is 3.11. The number of allylic oxidation sites excluding steroid dienone is 1. The summed E-state index contributed by atoms with van der Waals surface area (Å²) in [5.41, 5.74) is 0.722. The van der Waals surface area contributed by atoms with Crippen molar-refractivity contribution in [2.45, 2.75) is 52.2 Å². The van der Waals surface area contributed by atoms with Gasteiger partial charge in [-0.1, -0.05) is 13.0 Å². The van der Waals surface area contributed by atoms with E-state index in [-0.39, 0.29) is 19.1 Å². The molecule has 28 heavy (non-hydrogen) atoms. The maximum Gasteiger partial charge on any atom is 0.350 e. The Labute approximate surface area is 165 Å². The van der Waals surface area contributed by atoms with Crippen LogP contribution in [0.15, 0.2) is 35.2 Å². The highest BCUT2D eigenvalue weighted by Crippen LogP contribution is 2.40. The van der Waals surface area contributed by atoms with Crippen LogP contribution >= 0.6 is 0 Å². The molecule has 0 N–H and O–H groups in total. The number of rotatable bonds is 1. The molecule has 0 aliphatic carbocycles. The normalized spacial score (nSPS) is 37.1. The Morgan fingerprint density at radius 3 is 2.75 bits per heavy atom. The molecule has 3 rings (SSSR count). The molecule has 152 valence electrons. The summed E-state index contributed by atoms with van der Waals surface area (Å²) < 4.78 is 17.4. The van der Waals surface area contributed by atoms with Gasteiger partial charge in [-0.05, 0) is 20.3 Å². The first kappa shape index (κ1) is 20.3. The molecular weight excluding hydrogens is 362 g/mol. The van der Waals surface area contributed by atoms with E-state index in [1.807, 2.05) is 19.3 Å². The summed E-state index contributed by atoms with van der Waals surface area (Å²) in [4.78, 5) is 37.4. The second-order valence-corrected chi connectivity index (χ2v) is 8.10. The van der Waals surface area contributed by atoms with E-state index in [9.17, 15) is 14.4 Å². The monoisotopic (exact) mass is 390 g/mol. The van der Waals surface area contributed by atoms with Crippen molar-refractivity contribution >= 4 is 17.9 Å². The van der Waals surface area contributed by atoms with Gasteiger partial charge in [0, 0.05) is 30.9 Å². The summed E-state index contributed by atoms with van der Waals surface area (Å²) in [6.45, 7) is 7.17. The van der Waals surface area contributed by atoms with Crippen molar-refractivity contribution in [2.75, 3.05) is 20.2 Å². The van der Waals surface area contributed by atoms with E-state index in [1.54, 1.807) is 19.9 Å². The van der Waals surface area contributed by atoms with Crippen LogP contribution in [0.25, 0.3) is 0 Å². The number of quaternary nitrogens is 1. The molecule has 3 aliphatic heterocycles. The number of esters is 3. The van der Waals surface area contributed by atoms with Crippen LogP contribution in [-0.4, -0.2) is 54.3 Å². The van der Waals surface area contributed by atoms with Gasteiger partial charge in [0.1, 0.15) is 12.8 Å². The quantitative estimate of drug-likeness (QED) is 0.296. The first-order valence-corrected chi connectivity index (χ1v) is 9.61.